The Labute approximate surface area is 142 Å². The molecular weight excluding hydrogens is 327 g/mol. The minimum Gasteiger partial charge on any atom is -0.351 e. The number of benzene rings is 1. The molecule has 1 aliphatic rings. The number of amides is 1. The average Bonchev–Trinajstić information content (AvgIpc) is 2.44. The monoisotopic (exact) mass is 348 g/mol. The zero-order chi connectivity index (χ0) is 14.4. The lowest BCUT2D eigenvalue weighted by Crippen LogP contribution is -2.50. The molecule has 0 saturated carbocycles. The quantitative estimate of drug-likeness (QED) is 0.858. The van der Waals surface area contributed by atoms with Gasteiger partial charge < -0.3 is 10.6 Å². The Kier molecular flexibility index (Phi) is 8.49. The second kappa shape index (κ2) is 9.57. The lowest BCUT2D eigenvalue weighted by atomic mass is 9.95. The summed E-state index contributed by atoms with van der Waals surface area (Å²) in [5.41, 5.74) is 1.19. The van der Waals surface area contributed by atoms with Gasteiger partial charge in [-0.1, -0.05) is 30.7 Å². The smallest absolute Gasteiger partial charge is 0.230 e. The lowest BCUT2D eigenvalue weighted by Gasteiger charge is -2.30. The normalized spacial score (nSPS) is 21.4. The van der Waals surface area contributed by atoms with Gasteiger partial charge in [-0.3, -0.25) is 4.79 Å². The first-order valence-electron chi connectivity index (χ1n) is 6.97. The van der Waals surface area contributed by atoms with Crippen LogP contribution >= 0.6 is 35.8 Å². The van der Waals surface area contributed by atoms with E-state index in [1.165, 1.54) is 5.56 Å². The molecule has 3 nitrogen and oxygen atoms in total. The van der Waals surface area contributed by atoms with Crippen LogP contribution in [0.15, 0.2) is 24.3 Å². The number of piperidine rings is 1. The van der Waals surface area contributed by atoms with Crippen molar-refractivity contribution in [3.63, 3.8) is 0 Å². The molecule has 6 heteroatoms. The number of carbonyl (C=O) groups is 1. The van der Waals surface area contributed by atoms with Crippen LogP contribution in [-0.4, -0.2) is 30.8 Å². The minimum absolute atomic E-state index is 0. The first kappa shape index (κ1) is 18.6. The van der Waals surface area contributed by atoms with Gasteiger partial charge in [-0.2, -0.15) is 0 Å². The predicted octanol–water partition coefficient (Wildman–Crippen LogP) is 3.11. The number of carbonyl (C=O) groups excluding carboxylic acids is 1. The van der Waals surface area contributed by atoms with Crippen molar-refractivity contribution in [3.05, 3.63) is 34.9 Å². The number of hydrogen-bond donors (Lipinski definition) is 2. The molecule has 0 bridgehead atoms. The van der Waals surface area contributed by atoms with E-state index in [1.807, 2.05) is 24.3 Å². The van der Waals surface area contributed by atoms with E-state index in [-0.39, 0.29) is 24.4 Å². The third-order valence-electron chi connectivity index (χ3n) is 3.59. The summed E-state index contributed by atoms with van der Waals surface area (Å²) in [5.74, 6) is 2.03. The second-order valence-electron chi connectivity index (χ2n) is 5.26. The van der Waals surface area contributed by atoms with Crippen LogP contribution in [0.25, 0.3) is 0 Å². The third-order valence-corrected chi connectivity index (χ3v) is 4.84. The Morgan fingerprint density at radius 3 is 2.81 bits per heavy atom. The van der Waals surface area contributed by atoms with Crippen molar-refractivity contribution in [2.24, 2.45) is 5.92 Å². The Morgan fingerprint density at radius 1 is 1.43 bits per heavy atom. The topological polar surface area (TPSA) is 41.1 Å². The predicted molar refractivity (Wildman–Crippen MR) is 93.4 cm³/mol. The summed E-state index contributed by atoms with van der Waals surface area (Å²) in [5, 5.41) is 7.19. The maximum atomic E-state index is 11.9. The van der Waals surface area contributed by atoms with Crippen molar-refractivity contribution >= 4 is 41.7 Å². The Bertz CT molecular complexity index is 442. The van der Waals surface area contributed by atoms with Crippen LogP contribution in [0.5, 0.6) is 0 Å². The molecule has 118 valence electrons. The number of rotatable bonds is 5. The Balaban J connectivity index is 0.00000220. The van der Waals surface area contributed by atoms with Gasteiger partial charge in [0, 0.05) is 23.4 Å². The molecular formula is C15H22Cl2N2OS. The molecule has 2 unspecified atom stereocenters. The molecule has 1 fully saturated rings. The van der Waals surface area contributed by atoms with Crippen molar-refractivity contribution in [2.75, 3.05) is 18.8 Å². The highest BCUT2D eigenvalue weighted by atomic mass is 35.5. The SMILES string of the molecule is CC1CCNCC1NC(=O)CSCc1ccc(Cl)cc1.Cl. The maximum absolute atomic E-state index is 11.9. The fourth-order valence-electron chi connectivity index (χ4n) is 2.27. The second-order valence-corrected chi connectivity index (χ2v) is 6.69. The summed E-state index contributed by atoms with van der Waals surface area (Å²) in [6.07, 6.45) is 1.13. The van der Waals surface area contributed by atoms with Gasteiger partial charge in [-0.25, -0.2) is 0 Å². The highest BCUT2D eigenvalue weighted by Crippen LogP contribution is 2.16. The number of halogens is 2. The van der Waals surface area contributed by atoms with Gasteiger partial charge in [-0.15, -0.1) is 24.2 Å². The van der Waals surface area contributed by atoms with E-state index in [0.29, 0.717) is 11.7 Å². The zero-order valence-electron chi connectivity index (χ0n) is 12.1. The molecule has 1 saturated heterocycles. The van der Waals surface area contributed by atoms with Gasteiger partial charge in [0.25, 0.3) is 0 Å². The van der Waals surface area contributed by atoms with E-state index in [0.717, 1.165) is 30.3 Å². The number of nitrogens with one attached hydrogen (secondary N) is 2. The number of thioether (sulfide) groups is 1. The molecule has 1 aromatic carbocycles. The lowest BCUT2D eigenvalue weighted by molar-refractivity contribution is -0.119. The van der Waals surface area contributed by atoms with E-state index in [2.05, 4.69) is 17.6 Å². The molecule has 2 N–H and O–H groups in total. The molecule has 1 aliphatic heterocycles. The van der Waals surface area contributed by atoms with Gasteiger partial charge >= 0.3 is 0 Å². The summed E-state index contributed by atoms with van der Waals surface area (Å²) < 4.78 is 0. The highest BCUT2D eigenvalue weighted by molar-refractivity contribution is 7.99. The average molecular weight is 349 g/mol. The fourth-order valence-corrected chi connectivity index (χ4v) is 3.20. The molecule has 1 heterocycles. The van der Waals surface area contributed by atoms with Gasteiger partial charge in [0.15, 0.2) is 0 Å². The van der Waals surface area contributed by atoms with Crippen LogP contribution in [-0.2, 0) is 10.5 Å². The summed E-state index contributed by atoms with van der Waals surface area (Å²) in [7, 11) is 0. The molecule has 1 aromatic rings. The molecule has 2 rings (SSSR count). The van der Waals surface area contributed by atoms with Crippen molar-refractivity contribution in [1.82, 2.24) is 10.6 Å². The minimum atomic E-state index is 0. The van der Waals surface area contributed by atoms with Crippen molar-refractivity contribution in [2.45, 2.75) is 25.1 Å². The first-order chi connectivity index (χ1) is 9.65. The molecule has 0 radical (unpaired) electrons. The highest BCUT2D eigenvalue weighted by Gasteiger charge is 2.22. The van der Waals surface area contributed by atoms with Crippen LogP contribution in [0, 0.1) is 5.92 Å². The van der Waals surface area contributed by atoms with E-state index in [1.54, 1.807) is 11.8 Å². The van der Waals surface area contributed by atoms with Crippen LogP contribution in [0.1, 0.15) is 18.9 Å². The summed E-state index contributed by atoms with van der Waals surface area (Å²) in [6.45, 7) is 4.14. The summed E-state index contributed by atoms with van der Waals surface area (Å²) >= 11 is 7.48. The molecule has 1 amide bonds. The molecule has 21 heavy (non-hydrogen) atoms. The first-order valence-corrected chi connectivity index (χ1v) is 8.50. The molecule has 2 atom stereocenters. The van der Waals surface area contributed by atoms with E-state index < -0.39 is 0 Å². The molecule has 0 aliphatic carbocycles. The standard InChI is InChI=1S/C15H21ClN2OS.ClH/c1-11-6-7-17-8-14(11)18-15(19)10-20-9-12-2-4-13(16)5-3-12;/h2-5,11,14,17H,6-10H2,1H3,(H,18,19);1H. The van der Waals surface area contributed by atoms with Gasteiger partial charge in [0.2, 0.25) is 5.91 Å². The van der Waals surface area contributed by atoms with Crippen LogP contribution in [0.4, 0.5) is 0 Å². The summed E-state index contributed by atoms with van der Waals surface area (Å²) in [6, 6.07) is 8.04. The maximum Gasteiger partial charge on any atom is 0.230 e. The van der Waals surface area contributed by atoms with Gasteiger partial charge in [0.05, 0.1) is 5.75 Å². The van der Waals surface area contributed by atoms with Gasteiger partial charge in [-0.05, 0) is 36.6 Å². The van der Waals surface area contributed by atoms with Crippen LogP contribution < -0.4 is 10.6 Å². The molecule has 0 aromatic heterocycles. The van der Waals surface area contributed by atoms with E-state index in [9.17, 15) is 4.79 Å². The summed E-state index contributed by atoms with van der Waals surface area (Å²) in [4.78, 5) is 11.9. The van der Waals surface area contributed by atoms with E-state index in [4.69, 9.17) is 11.6 Å². The van der Waals surface area contributed by atoms with Gasteiger partial charge in [0.1, 0.15) is 0 Å². The number of hydrogen-bond acceptors (Lipinski definition) is 3. The van der Waals surface area contributed by atoms with Crippen molar-refractivity contribution < 1.29 is 4.79 Å². The van der Waals surface area contributed by atoms with E-state index >= 15 is 0 Å². The molecule has 0 spiro atoms. The van der Waals surface area contributed by atoms with Crippen LogP contribution in [0.3, 0.4) is 0 Å². The van der Waals surface area contributed by atoms with Crippen molar-refractivity contribution in [3.8, 4) is 0 Å². The Hall–Kier alpha value is -0.420. The van der Waals surface area contributed by atoms with Crippen molar-refractivity contribution in [1.29, 1.82) is 0 Å². The third kappa shape index (κ3) is 6.47. The fraction of sp³-hybridized carbons (Fsp3) is 0.533. The Morgan fingerprint density at radius 2 is 2.14 bits per heavy atom. The van der Waals surface area contributed by atoms with Crippen LogP contribution in [0.2, 0.25) is 5.02 Å². The zero-order valence-corrected chi connectivity index (χ0v) is 14.5. The largest absolute Gasteiger partial charge is 0.351 e.